The highest BCUT2D eigenvalue weighted by molar-refractivity contribution is 5.87. The summed E-state index contributed by atoms with van der Waals surface area (Å²) in [6.07, 6.45) is 5.65. The zero-order valence-corrected chi connectivity index (χ0v) is 6.41. The molecule has 2 heteroatoms. The van der Waals surface area contributed by atoms with Gasteiger partial charge < -0.3 is 4.42 Å². The predicted molar refractivity (Wildman–Crippen MR) is 42.2 cm³/mol. The Morgan fingerprint density at radius 2 is 2.55 bits per heavy atom. The van der Waals surface area contributed by atoms with Crippen LogP contribution in [0.15, 0.2) is 35.0 Å². The second-order valence-corrected chi connectivity index (χ2v) is 2.30. The van der Waals surface area contributed by atoms with Gasteiger partial charge in [0, 0.05) is 6.42 Å². The predicted octanol–water partition coefficient (Wildman–Crippen LogP) is 1.97. The molecule has 0 aromatic carbocycles. The first-order valence-electron chi connectivity index (χ1n) is 3.48. The Kier molecular flexibility index (Phi) is 2.66. The molecule has 0 N–H and O–H groups in total. The summed E-state index contributed by atoms with van der Waals surface area (Å²) in [7, 11) is 0. The lowest BCUT2D eigenvalue weighted by atomic mass is 10.3. The zero-order valence-electron chi connectivity index (χ0n) is 6.41. The summed E-state index contributed by atoms with van der Waals surface area (Å²) in [6, 6.07) is 3.71. The molecule has 0 aliphatic carbocycles. The van der Waals surface area contributed by atoms with E-state index in [0.717, 1.165) is 5.76 Å². The van der Waals surface area contributed by atoms with E-state index < -0.39 is 0 Å². The van der Waals surface area contributed by atoms with Crippen molar-refractivity contribution in [1.29, 1.82) is 0 Å². The van der Waals surface area contributed by atoms with Crippen molar-refractivity contribution in [3.8, 4) is 0 Å². The number of carbonyl (C=O) groups excluding carboxylic acids is 1. The minimum atomic E-state index is 0.0663. The van der Waals surface area contributed by atoms with Crippen molar-refractivity contribution in [2.45, 2.75) is 13.3 Å². The van der Waals surface area contributed by atoms with Crippen LogP contribution in [-0.2, 0) is 11.2 Å². The van der Waals surface area contributed by atoms with Gasteiger partial charge >= 0.3 is 0 Å². The number of rotatable bonds is 3. The number of carbonyl (C=O) groups is 1. The molecule has 0 aliphatic rings. The molecule has 1 rings (SSSR count). The van der Waals surface area contributed by atoms with Crippen LogP contribution in [0.3, 0.4) is 0 Å². The molecule has 1 heterocycles. The van der Waals surface area contributed by atoms with Crippen molar-refractivity contribution < 1.29 is 9.21 Å². The summed E-state index contributed by atoms with van der Waals surface area (Å²) in [5.74, 6) is 0.944. The molecule has 58 valence electrons. The van der Waals surface area contributed by atoms with Crippen molar-refractivity contribution in [3.63, 3.8) is 0 Å². The average molecular weight is 150 g/mol. The van der Waals surface area contributed by atoms with Crippen LogP contribution in [0, 0.1) is 0 Å². The van der Waals surface area contributed by atoms with Crippen molar-refractivity contribution in [1.82, 2.24) is 0 Å². The Morgan fingerprint density at radius 1 is 1.73 bits per heavy atom. The minimum absolute atomic E-state index is 0.0663. The standard InChI is InChI=1S/C9H10O2/c1-8(10)4-2-5-9-6-3-7-11-9/h2-4,6-7H,5H2,1H3. The van der Waals surface area contributed by atoms with Crippen molar-refractivity contribution >= 4 is 5.78 Å². The van der Waals surface area contributed by atoms with Gasteiger partial charge in [-0.3, -0.25) is 4.79 Å². The van der Waals surface area contributed by atoms with E-state index in [2.05, 4.69) is 0 Å². The molecule has 11 heavy (non-hydrogen) atoms. The number of hydrogen-bond acceptors (Lipinski definition) is 2. The lowest BCUT2D eigenvalue weighted by Crippen LogP contribution is -1.81. The van der Waals surface area contributed by atoms with Crippen LogP contribution < -0.4 is 0 Å². The lowest BCUT2D eigenvalue weighted by Gasteiger charge is -1.85. The second-order valence-electron chi connectivity index (χ2n) is 2.30. The van der Waals surface area contributed by atoms with Crippen molar-refractivity contribution in [3.05, 3.63) is 36.3 Å². The van der Waals surface area contributed by atoms with Gasteiger partial charge in [0.1, 0.15) is 5.76 Å². The monoisotopic (exact) mass is 150 g/mol. The van der Waals surface area contributed by atoms with Gasteiger partial charge in [0.25, 0.3) is 0 Å². The molecule has 0 spiro atoms. The highest BCUT2D eigenvalue weighted by Gasteiger charge is 1.89. The Labute approximate surface area is 65.5 Å². The van der Waals surface area contributed by atoms with Crippen molar-refractivity contribution in [2.75, 3.05) is 0 Å². The molecule has 1 aromatic rings. The molecule has 0 unspecified atom stereocenters. The van der Waals surface area contributed by atoms with Gasteiger partial charge in [0.05, 0.1) is 6.26 Å². The quantitative estimate of drug-likeness (QED) is 0.616. The average Bonchev–Trinajstić information content (AvgIpc) is 2.39. The third kappa shape index (κ3) is 2.85. The normalized spacial score (nSPS) is 10.6. The van der Waals surface area contributed by atoms with E-state index in [1.807, 2.05) is 12.1 Å². The third-order valence-electron chi connectivity index (χ3n) is 1.25. The maximum absolute atomic E-state index is 10.5. The Balaban J connectivity index is 2.40. The van der Waals surface area contributed by atoms with E-state index in [4.69, 9.17) is 4.42 Å². The summed E-state index contributed by atoms with van der Waals surface area (Å²) in [5, 5.41) is 0. The molecule has 0 radical (unpaired) electrons. The van der Waals surface area contributed by atoms with Crippen LogP contribution in [0.5, 0.6) is 0 Å². The molecule has 0 atom stereocenters. The van der Waals surface area contributed by atoms with Gasteiger partial charge in [-0.15, -0.1) is 0 Å². The van der Waals surface area contributed by atoms with Crippen LogP contribution in [-0.4, -0.2) is 5.78 Å². The molecule has 2 nitrogen and oxygen atoms in total. The lowest BCUT2D eigenvalue weighted by molar-refractivity contribution is -0.112. The first-order chi connectivity index (χ1) is 5.29. The fourth-order valence-corrected chi connectivity index (χ4v) is 0.770. The van der Waals surface area contributed by atoms with E-state index in [1.165, 1.54) is 6.92 Å². The van der Waals surface area contributed by atoms with Crippen LogP contribution in [0.1, 0.15) is 12.7 Å². The third-order valence-corrected chi connectivity index (χ3v) is 1.25. The van der Waals surface area contributed by atoms with Crippen molar-refractivity contribution in [2.24, 2.45) is 0 Å². The van der Waals surface area contributed by atoms with Crippen LogP contribution in [0.2, 0.25) is 0 Å². The van der Waals surface area contributed by atoms with Gasteiger partial charge in [0.15, 0.2) is 5.78 Å². The fourth-order valence-electron chi connectivity index (χ4n) is 0.770. The summed E-state index contributed by atoms with van der Waals surface area (Å²) in [5.41, 5.74) is 0. The van der Waals surface area contributed by atoms with Gasteiger partial charge in [-0.25, -0.2) is 0 Å². The number of furan rings is 1. The molecule has 0 saturated carbocycles. The van der Waals surface area contributed by atoms with Gasteiger partial charge in [-0.1, -0.05) is 6.08 Å². The molecule has 1 aromatic heterocycles. The molecular weight excluding hydrogens is 140 g/mol. The first kappa shape index (κ1) is 7.79. The molecule has 0 amide bonds. The molecule has 0 fully saturated rings. The summed E-state index contributed by atoms with van der Waals surface area (Å²) < 4.78 is 5.05. The van der Waals surface area contributed by atoms with Crippen LogP contribution in [0.25, 0.3) is 0 Å². The highest BCUT2D eigenvalue weighted by Crippen LogP contribution is 2.00. The van der Waals surface area contributed by atoms with Gasteiger partial charge in [-0.05, 0) is 25.1 Å². The maximum atomic E-state index is 10.5. The van der Waals surface area contributed by atoms with Gasteiger partial charge in [0.2, 0.25) is 0 Å². The van der Waals surface area contributed by atoms with E-state index in [0.29, 0.717) is 6.42 Å². The minimum Gasteiger partial charge on any atom is -0.469 e. The molecule has 0 bridgehead atoms. The van der Waals surface area contributed by atoms with E-state index in [9.17, 15) is 4.79 Å². The summed E-state index contributed by atoms with van der Waals surface area (Å²) >= 11 is 0. The Morgan fingerprint density at radius 3 is 3.09 bits per heavy atom. The van der Waals surface area contributed by atoms with E-state index in [1.54, 1.807) is 18.4 Å². The summed E-state index contributed by atoms with van der Waals surface area (Å²) in [6.45, 7) is 1.53. The fraction of sp³-hybridized carbons (Fsp3) is 0.222. The van der Waals surface area contributed by atoms with Crippen LogP contribution >= 0.6 is 0 Å². The SMILES string of the molecule is CC(=O)C=CCc1ccco1. The Hall–Kier alpha value is -1.31. The summed E-state index contributed by atoms with van der Waals surface area (Å²) in [4.78, 5) is 10.5. The topological polar surface area (TPSA) is 30.2 Å². The van der Waals surface area contributed by atoms with Gasteiger partial charge in [-0.2, -0.15) is 0 Å². The second kappa shape index (κ2) is 3.76. The molecule has 0 aliphatic heterocycles. The Bertz CT molecular complexity index is 245. The zero-order chi connectivity index (χ0) is 8.10. The molecular formula is C9H10O2. The van der Waals surface area contributed by atoms with Crippen LogP contribution in [0.4, 0.5) is 0 Å². The maximum Gasteiger partial charge on any atom is 0.152 e. The number of ketones is 1. The first-order valence-corrected chi connectivity index (χ1v) is 3.48. The number of hydrogen-bond donors (Lipinski definition) is 0. The highest BCUT2D eigenvalue weighted by atomic mass is 16.3. The van der Waals surface area contributed by atoms with E-state index in [-0.39, 0.29) is 5.78 Å². The van der Waals surface area contributed by atoms with E-state index >= 15 is 0 Å². The smallest absolute Gasteiger partial charge is 0.152 e. The largest absolute Gasteiger partial charge is 0.469 e. The molecule has 0 saturated heterocycles. The number of allylic oxidation sites excluding steroid dienone is 2.